The Morgan fingerprint density at radius 1 is 0.971 bits per heavy atom. The minimum Gasteiger partial charge on any atom is -0.493 e. The Morgan fingerprint density at radius 3 is 2.53 bits per heavy atom. The summed E-state index contributed by atoms with van der Waals surface area (Å²) in [5.74, 6) is 1.88. The molecule has 1 unspecified atom stereocenters. The fraction of sp³-hybridized carbons (Fsp3) is 0.296. The molecule has 7 nitrogen and oxygen atoms in total. The van der Waals surface area contributed by atoms with Gasteiger partial charge in [-0.05, 0) is 56.3 Å². The monoisotopic (exact) mass is 460 g/mol. The van der Waals surface area contributed by atoms with Crippen molar-refractivity contribution in [1.29, 1.82) is 0 Å². The number of hydrogen-bond acceptors (Lipinski definition) is 6. The SMILES string of the molecule is COc1cccc(C(c2oc3ccccc3c2NC(=O)c2ccco2)N2CCCCC2)c1OC. The number of fused-ring (bicyclic) bond motifs is 1. The van der Waals surface area contributed by atoms with E-state index in [9.17, 15) is 4.79 Å². The molecule has 0 saturated carbocycles. The zero-order valence-electron chi connectivity index (χ0n) is 19.4. The van der Waals surface area contributed by atoms with Crippen LogP contribution in [0.25, 0.3) is 11.0 Å². The van der Waals surface area contributed by atoms with Crippen LogP contribution in [0.4, 0.5) is 5.69 Å². The van der Waals surface area contributed by atoms with Crippen LogP contribution >= 0.6 is 0 Å². The molecule has 7 heteroatoms. The molecule has 1 fully saturated rings. The summed E-state index contributed by atoms with van der Waals surface area (Å²) in [6.45, 7) is 1.82. The standard InChI is InChI=1S/C27H28N2O5/c1-31-21-13-8-11-19(25(21)32-2)24(29-15-6-3-7-16-29)26-23(18-10-4-5-12-20(18)34-26)28-27(30)22-14-9-17-33-22/h4-5,8-14,17,24H,3,6-7,15-16H2,1-2H3,(H,28,30). The van der Waals surface area contributed by atoms with Crippen molar-refractivity contribution in [2.24, 2.45) is 0 Å². The molecule has 0 bridgehead atoms. The summed E-state index contributed by atoms with van der Waals surface area (Å²) < 4.78 is 23.2. The number of nitrogens with one attached hydrogen (secondary N) is 1. The first-order valence-corrected chi connectivity index (χ1v) is 11.5. The Labute approximate surface area is 198 Å². The Balaban J connectivity index is 1.70. The van der Waals surface area contributed by atoms with E-state index >= 15 is 0 Å². The van der Waals surface area contributed by atoms with Gasteiger partial charge in [0, 0.05) is 10.9 Å². The number of piperidine rings is 1. The zero-order valence-corrected chi connectivity index (χ0v) is 19.4. The molecular weight excluding hydrogens is 432 g/mol. The van der Waals surface area contributed by atoms with Gasteiger partial charge in [-0.3, -0.25) is 9.69 Å². The maximum Gasteiger partial charge on any atom is 0.291 e. The normalized spacial score (nSPS) is 15.2. The van der Waals surface area contributed by atoms with E-state index in [1.165, 1.54) is 12.7 Å². The molecule has 4 aromatic rings. The van der Waals surface area contributed by atoms with Gasteiger partial charge < -0.3 is 23.6 Å². The smallest absolute Gasteiger partial charge is 0.291 e. The number of hydrogen-bond donors (Lipinski definition) is 1. The number of ether oxygens (including phenoxy) is 2. The highest BCUT2D eigenvalue weighted by molar-refractivity contribution is 6.08. The second-order valence-electron chi connectivity index (χ2n) is 8.35. The molecule has 0 radical (unpaired) electrons. The van der Waals surface area contributed by atoms with Gasteiger partial charge in [-0.25, -0.2) is 0 Å². The molecule has 5 rings (SSSR count). The van der Waals surface area contributed by atoms with Crippen molar-refractivity contribution in [3.63, 3.8) is 0 Å². The van der Waals surface area contributed by atoms with Gasteiger partial charge in [0.05, 0.1) is 32.2 Å². The van der Waals surface area contributed by atoms with E-state index in [4.69, 9.17) is 18.3 Å². The Hall–Kier alpha value is -3.71. The second kappa shape index (κ2) is 9.65. The number of amides is 1. The van der Waals surface area contributed by atoms with E-state index in [2.05, 4.69) is 10.2 Å². The molecule has 1 N–H and O–H groups in total. The van der Waals surface area contributed by atoms with Crippen molar-refractivity contribution in [1.82, 2.24) is 4.90 Å². The average Bonchev–Trinajstić information content (AvgIpc) is 3.54. The molecule has 176 valence electrons. The van der Waals surface area contributed by atoms with Gasteiger partial charge in [0.25, 0.3) is 5.91 Å². The van der Waals surface area contributed by atoms with E-state index < -0.39 is 0 Å². The van der Waals surface area contributed by atoms with Gasteiger partial charge in [-0.1, -0.05) is 30.7 Å². The fourth-order valence-electron chi connectivity index (χ4n) is 4.78. The Morgan fingerprint density at radius 2 is 1.79 bits per heavy atom. The first-order chi connectivity index (χ1) is 16.7. The second-order valence-corrected chi connectivity index (χ2v) is 8.35. The molecule has 1 atom stereocenters. The fourth-order valence-corrected chi connectivity index (χ4v) is 4.78. The number of carbonyl (C=O) groups excluding carboxylic acids is 1. The molecule has 0 aliphatic carbocycles. The van der Waals surface area contributed by atoms with Gasteiger partial charge >= 0.3 is 0 Å². The number of rotatable bonds is 7. The lowest BCUT2D eigenvalue weighted by atomic mass is 9.97. The first-order valence-electron chi connectivity index (χ1n) is 11.5. The van der Waals surface area contributed by atoms with Crippen molar-refractivity contribution < 1.29 is 23.1 Å². The predicted molar refractivity (Wildman–Crippen MR) is 130 cm³/mol. The summed E-state index contributed by atoms with van der Waals surface area (Å²) in [6.07, 6.45) is 4.87. The number of anilines is 1. The average molecular weight is 461 g/mol. The van der Waals surface area contributed by atoms with Crippen LogP contribution in [0.1, 0.15) is 47.2 Å². The van der Waals surface area contributed by atoms with Crippen molar-refractivity contribution in [3.05, 3.63) is 77.9 Å². The molecule has 1 saturated heterocycles. The van der Waals surface area contributed by atoms with Crippen LogP contribution in [0, 0.1) is 0 Å². The maximum absolute atomic E-state index is 13.0. The molecule has 2 aromatic carbocycles. The van der Waals surface area contributed by atoms with Crippen molar-refractivity contribution in [3.8, 4) is 11.5 Å². The number of nitrogens with zero attached hydrogens (tertiary/aromatic N) is 1. The highest BCUT2D eigenvalue weighted by Crippen LogP contribution is 2.46. The van der Waals surface area contributed by atoms with E-state index in [0.717, 1.165) is 36.9 Å². The van der Waals surface area contributed by atoms with Crippen molar-refractivity contribution in [2.45, 2.75) is 25.3 Å². The van der Waals surface area contributed by atoms with Crippen LogP contribution in [0.3, 0.4) is 0 Å². The molecule has 1 amide bonds. The van der Waals surface area contributed by atoms with Gasteiger partial charge in [-0.15, -0.1) is 0 Å². The van der Waals surface area contributed by atoms with Gasteiger partial charge in [0.1, 0.15) is 5.58 Å². The van der Waals surface area contributed by atoms with Crippen LogP contribution in [-0.2, 0) is 0 Å². The third kappa shape index (κ3) is 4.03. The molecule has 2 aromatic heterocycles. The molecule has 0 spiro atoms. The van der Waals surface area contributed by atoms with Crippen LogP contribution in [-0.4, -0.2) is 38.1 Å². The quantitative estimate of drug-likeness (QED) is 0.372. The Kier molecular flexibility index (Phi) is 6.27. The van der Waals surface area contributed by atoms with Crippen LogP contribution < -0.4 is 14.8 Å². The topological polar surface area (TPSA) is 77.1 Å². The minimum absolute atomic E-state index is 0.240. The van der Waals surface area contributed by atoms with Crippen molar-refractivity contribution in [2.75, 3.05) is 32.6 Å². The number of furan rings is 2. The lowest BCUT2D eigenvalue weighted by Crippen LogP contribution is -2.35. The predicted octanol–water partition coefficient (Wildman–Crippen LogP) is 5.87. The zero-order chi connectivity index (χ0) is 23.5. The lowest BCUT2D eigenvalue weighted by molar-refractivity contribution is 0.0996. The summed E-state index contributed by atoms with van der Waals surface area (Å²) in [6, 6.07) is 16.7. The number of methoxy groups -OCH3 is 2. The van der Waals surface area contributed by atoms with Gasteiger partial charge in [0.2, 0.25) is 0 Å². The van der Waals surface area contributed by atoms with Crippen LogP contribution in [0.15, 0.2) is 69.7 Å². The summed E-state index contributed by atoms with van der Waals surface area (Å²) in [5.41, 5.74) is 2.27. The molecule has 1 aliphatic rings. The summed E-state index contributed by atoms with van der Waals surface area (Å²) >= 11 is 0. The minimum atomic E-state index is -0.326. The van der Waals surface area contributed by atoms with E-state index in [-0.39, 0.29) is 17.7 Å². The van der Waals surface area contributed by atoms with Crippen LogP contribution in [0.2, 0.25) is 0 Å². The third-order valence-electron chi connectivity index (χ3n) is 6.34. The van der Waals surface area contributed by atoms with E-state index in [1.807, 2.05) is 42.5 Å². The summed E-state index contributed by atoms with van der Waals surface area (Å²) in [5, 5.41) is 3.90. The highest BCUT2D eigenvalue weighted by atomic mass is 16.5. The van der Waals surface area contributed by atoms with Gasteiger partial charge in [-0.2, -0.15) is 0 Å². The van der Waals surface area contributed by atoms with Crippen molar-refractivity contribution >= 4 is 22.6 Å². The first kappa shape index (κ1) is 22.1. The maximum atomic E-state index is 13.0. The van der Waals surface area contributed by atoms with Gasteiger partial charge in [0.15, 0.2) is 23.0 Å². The molecule has 34 heavy (non-hydrogen) atoms. The number of likely N-dealkylation sites (tertiary alicyclic amines) is 1. The van der Waals surface area contributed by atoms with Crippen LogP contribution in [0.5, 0.6) is 11.5 Å². The van der Waals surface area contributed by atoms with E-state index in [0.29, 0.717) is 28.5 Å². The Bertz CT molecular complexity index is 1270. The molecular formula is C27H28N2O5. The number of benzene rings is 2. The highest BCUT2D eigenvalue weighted by Gasteiger charge is 2.34. The number of para-hydroxylation sites is 2. The lowest BCUT2D eigenvalue weighted by Gasteiger charge is -2.35. The molecule has 1 aliphatic heterocycles. The summed E-state index contributed by atoms with van der Waals surface area (Å²) in [4.78, 5) is 15.4. The van der Waals surface area contributed by atoms with E-state index in [1.54, 1.807) is 26.4 Å². The molecule has 3 heterocycles. The summed E-state index contributed by atoms with van der Waals surface area (Å²) in [7, 11) is 3.28. The largest absolute Gasteiger partial charge is 0.493 e. The number of carbonyl (C=O) groups is 1. The third-order valence-corrected chi connectivity index (χ3v) is 6.34.